The topological polar surface area (TPSA) is 89.0 Å². The summed E-state index contributed by atoms with van der Waals surface area (Å²) in [5.41, 5.74) is 3.86. The van der Waals surface area contributed by atoms with Gasteiger partial charge in [0.25, 0.3) is 0 Å². The van der Waals surface area contributed by atoms with Crippen LogP contribution in [-0.2, 0) is 9.59 Å². The Hall–Kier alpha value is -3.35. The van der Waals surface area contributed by atoms with Gasteiger partial charge in [-0.15, -0.1) is 0 Å². The summed E-state index contributed by atoms with van der Waals surface area (Å²) in [6.45, 7) is 2.74. The number of carbonyl (C=O) groups excluding carboxylic acids is 2. The number of ether oxygens (including phenoxy) is 2. The molecule has 2 rings (SSSR count). The fraction of sp³-hybridized carbons (Fsp3) is 0.318. The Balaban J connectivity index is 1.75. The number of unbranched alkanes of at least 4 members (excludes halogenated alkanes) is 1. The van der Waals surface area contributed by atoms with Crippen molar-refractivity contribution in [3.8, 4) is 11.5 Å². The maximum atomic E-state index is 12.0. The van der Waals surface area contributed by atoms with E-state index >= 15 is 0 Å². The predicted octanol–water partition coefficient (Wildman–Crippen LogP) is 3.74. The Kier molecular flexibility index (Phi) is 9.21. The van der Waals surface area contributed by atoms with E-state index in [4.69, 9.17) is 9.47 Å². The number of nitrogens with one attached hydrogen (secondary N) is 2. The van der Waals surface area contributed by atoms with Gasteiger partial charge in [-0.1, -0.05) is 25.5 Å². The molecule has 0 saturated heterocycles. The zero-order valence-electron chi connectivity index (χ0n) is 16.8. The highest BCUT2D eigenvalue weighted by Gasteiger charge is 2.07. The predicted molar refractivity (Wildman–Crippen MR) is 113 cm³/mol. The van der Waals surface area contributed by atoms with Crippen molar-refractivity contribution in [1.82, 2.24) is 5.43 Å². The molecule has 2 N–H and O–H groups in total. The van der Waals surface area contributed by atoms with Crippen molar-refractivity contribution in [3.63, 3.8) is 0 Å². The molecule has 0 bridgehead atoms. The number of anilines is 1. The van der Waals surface area contributed by atoms with Gasteiger partial charge in [0.1, 0.15) is 11.5 Å². The first kappa shape index (κ1) is 21.9. The van der Waals surface area contributed by atoms with Crippen molar-refractivity contribution in [2.75, 3.05) is 19.0 Å². The minimum absolute atomic E-state index is 0.0357. The Bertz CT molecular complexity index is 819. The van der Waals surface area contributed by atoms with E-state index in [9.17, 15) is 9.59 Å². The van der Waals surface area contributed by atoms with Crippen LogP contribution >= 0.6 is 0 Å². The van der Waals surface area contributed by atoms with Gasteiger partial charge >= 0.3 is 0 Å². The van der Waals surface area contributed by atoms with Gasteiger partial charge in [-0.3, -0.25) is 9.59 Å². The lowest BCUT2D eigenvalue weighted by Crippen LogP contribution is -2.20. The molecule has 0 aliphatic rings. The van der Waals surface area contributed by atoms with Crippen LogP contribution in [0.4, 0.5) is 5.69 Å². The van der Waals surface area contributed by atoms with E-state index in [1.807, 2.05) is 24.3 Å². The maximum Gasteiger partial charge on any atom is 0.240 e. The summed E-state index contributed by atoms with van der Waals surface area (Å²) in [5, 5.41) is 6.69. The van der Waals surface area contributed by atoms with Crippen LogP contribution in [0.5, 0.6) is 11.5 Å². The summed E-state index contributed by atoms with van der Waals surface area (Å²) in [5.74, 6) is 0.842. The maximum absolute atomic E-state index is 12.0. The normalized spacial score (nSPS) is 10.6. The van der Waals surface area contributed by atoms with Crippen molar-refractivity contribution in [2.45, 2.75) is 32.6 Å². The average molecular weight is 397 g/mol. The molecule has 0 fully saturated rings. The summed E-state index contributed by atoms with van der Waals surface area (Å²) in [6, 6.07) is 14.5. The van der Waals surface area contributed by atoms with E-state index in [0.29, 0.717) is 18.0 Å². The van der Waals surface area contributed by atoms with Gasteiger partial charge in [-0.25, -0.2) is 5.43 Å². The highest BCUT2D eigenvalue weighted by molar-refractivity contribution is 5.93. The molecule has 0 aliphatic heterocycles. The number of benzene rings is 2. The molecular weight excluding hydrogens is 370 g/mol. The first-order valence-electron chi connectivity index (χ1n) is 9.60. The van der Waals surface area contributed by atoms with Crippen LogP contribution in [0.25, 0.3) is 0 Å². The third-order valence-corrected chi connectivity index (χ3v) is 4.02. The molecule has 2 aromatic rings. The molecule has 0 saturated carbocycles. The molecule has 2 aromatic carbocycles. The van der Waals surface area contributed by atoms with Gasteiger partial charge in [-0.05, 0) is 42.8 Å². The fourth-order valence-electron chi connectivity index (χ4n) is 2.40. The molecule has 0 unspecified atom stereocenters. The van der Waals surface area contributed by atoms with Gasteiger partial charge in [0, 0.05) is 24.1 Å². The average Bonchev–Trinajstić information content (AvgIpc) is 2.74. The smallest absolute Gasteiger partial charge is 0.240 e. The second-order valence-corrected chi connectivity index (χ2v) is 6.31. The number of hydrazone groups is 1. The van der Waals surface area contributed by atoms with Crippen molar-refractivity contribution in [1.29, 1.82) is 0 Å². The first-order valence-corrected chi connectivity index (χ1v) is 9.60. The van der Waals surface area contributed by atoms with Crippen LogP contribution in [0.3, 0.4) is 0 Å². The molecule has 0 spiro atoms. The molecule has 7 heteroatoms. The number of carbonyl (C=O) groups is 2. The van der Waals surface area contributed by atoms with Gasteiger partial charge in [0.2, 0.25) is 11.8 Å². The van der Waals surface area contributed by atoms with Crippen LogP contribution in [0.2, 0.25) is 0 Å². The lowest BCUT2D eigenvalue weighted by atomic mass is 10.2. The fourth-order valence-corrected chi connectivity index (χ4v) is 2.40. The number of rotatable bonds is 11. The Morgan fingerprint density at radius 2 is 1.76 bits per heavy atom. The number of hydrogen-bond donors (Lipinski definition) is 2. The summed E-state index contributed by atoms with van der Waals surface area (Å²) < 4.78 is 10.8. The summed E-state index contributed by atoms with van der Waals surface area (Å²) in [7, 11) is 1.58. The van der Waals surface area contributed by atoms with Crippen LogP contribution in [-0.4, -0.2) is 31.7 Å². The van der Waals surface area contributed by atoms with Gasteiger partial charge in [-0.2, -0.15) is 5.10 Å². The zero-order chi connectivity index (χ0) is 20.9. The molecule has 0 heterocycles. The number of hydrogen-bond acceptors (Lipinski definition) is 5. The van der Waals surface area contributed by atoms with Crippen molar-refractivity contribution in [3.05, 3.63) is 54.1 Å². The molecule has 0 atom stereocenters. The lowest BCUT2D eigenvalue weighted by molar-refractivity contribution is -0.124. The zero-order valence-corrected chi connectivity index (χ0v) is 16.8. The molecular formula is C22H27N3O4. The third kappa shape index (κ3) is 8.04. The Labute approximate surface area is 171 Å². The molecule has 154 valence electrons. The van der Waals surface area contributed by atoms with E-state index in [-0.39, 0.29) is 24.7 Å². The quantitative estimate of drug-likeness (QED) is 0.343. The minimum Gasteiger partial charge on any atom is -0.497 e. The lowest BCUT2D eigenvalue weighted by Gasteiger charge is -2.08. The SMILES string of the molecule is CCCCOc1ccccc1C=NNC(=O)CCC(=O)Nc1ccc(OC)cc1. The number of methoxy groups -OCH3 is 1. The van der Waals surface area contributed by atoms with E-state index < -0.39 is 0 Å². The van der Waals surface area contributed by atoms with Gasteiger partial charge < -0.3 is 14.8 Å². The van der Waals surface area contributed by atoms with E-state index in [1.165, 1.54) is 6.21 Å². The third-order valence-electron chi connectivity index (χ3n) is 4.02. The standard InChI is InChI=1S/C22H27N3O4/c1-3-4-15-29-20-8-6-5-7-17(20)16-23-25-22(27)14-13-21(26)24-18-9-11-19(28-2)12-10-18/h5-12,16H,3-4,13-15H2,1-2H3,(H,24,26)(H,25,27). The second kappa shape index (κ2) is 12.2. The highest BCUT2D eigenvalue weighted by Crippen LogP contribution is 2.16. The van der Waals surface area contributed by atoms with Crippen LogP contribution in [0.15, 0.2) is 53.6 Å². The number of amides is 2. The highest BCUT2D eigenvalue weighted by atomic mass is 16.5. The molecule has 0 radical (unpaired) electrons. The van der Waals surface area contributed by atoms with Crippen molar-refractivity contribution < 1.29 is 19.1 Å². The monoisotopic (exact) mass is 397 g/mol. The Morgan fingerprint density at radius 1 is 1.03 bits per heavy atom. The second-order valence-electron chi connectivity index (χ2n) is 6.31. The molecule has 0 aliphatic carbocycles. The number of nitrogens with zero attached hydrogens (tertiary/aromatic N) is 1. The van der Waals surface area contributed by atoms with Crippen LogP contribution in [0, 0.1) is 0 Å². The molecule has 0 aromatic heterocycles. The van der Waals surface area contributed by atoms with Crippen LogP contribution < -0.4 is 20.2 Å². The van der Waals surface area contributed by atoms with Crippen LogP contribution in [0.1, 0.15) is 38.2 Å². The van der Waals surface area contributed by atoms with Gasteiger partial charge in [0.05, 0.1) is 19.9 Å². The molecule has 7 nitrogen and oxygen atoms in total. The van der Waals surface area contributed by atoms with E-state index in [1.54, 1.807) is 31.4 Å². The minimum atomic E-state index is -0.337. The summed E-state index contributed by atoms with van der Waals surface area (Å²) >= 11 is 0. The van der Waals surface area contributed by atoms with E-state index in [0.717, 1.165) is 24.2 Å². The first-order chi connectivity index (χ1) is 14.1. The number of para-hydroxylation sites is 1. The summed E-state index contributed by atoms with van der Waals surface area (Å²) in [4.78, 5) is 23.9. The van der Waals surface area contributed by atoms with Gasteiger partial charge in [0.15, 0.2) is 0 Å². The molecule has 29 heavy (non-hydrogen) atoms. The Morgan fingerprint density at radius 3 is 2.48 bits per heavy atom. The molecule has 2 amide bonds. The van der Waals surface area contributed by atoms with Crippen molar-refractivity contribution >= 4 is 23.7 Å². The largest absolute Gasteiger partial charge is 0.497 e. The van der Waals surface area contributed by atoms with Crippen molar-refractivity contribution in [2.24, 2.45) is 5.10 Å². The summed E-state index contributed by atoms with van der Waals surface area (Å²) in [6.07, 6.45) is 3.66. The van der Waals surface area contributed by atoms with E-state index in [2.05, 4.69) is 22.8 Å².